The number of ketones is 1. The molecule has 0 aliphatic carbocycles. The molecule has 1 heterocycles. The number of nitrogens with one attached hydrogen (secondary N) is 1. The molecule has 0 saturated heterocycles. The van der Waals surface area contributed by atoms with E-state index >= 15 is 0 Å². The number of aryl methyl sites for hydroxylation is 2. The van der Waals surface area contributed by atoms with E-state index < -0.39 is 0 Å². The summed E-state index contributed by atoms with van der Waals surface area (Å²) in [6.45, 7) is 0. The van der Waals surface area contributed by atoms with Crippen LogP contribution in [0.5, 0.6) is 0 Å². The van der Waals surface area contributed by atoms with Crippen molar-refractivity contribution in [3.8, 4) is 0 Å². The van der Waals surface area contributed by atoms with Gasteiger partial charge in [-0.2, -0.15) is 0 Å². The van der Waals surface area contributed by atoms with Gasteiger partial charge in [0, 0.05) is 11.6 Å². The van der Waals surface area contributed by atoms with Crippen molar-refractivity contribution in [3.05, 3.63) is 119 Å². The van der Waals surface area contributed by atoms with Crippen molar-refractivity contribution < 1.29 is 14.4 Å². The van der Waals surface area contributed by atoms with Crippen molar-refractivity contribution >= 4 is 29.2 Å². The molecule has 2 amide bonds. The first-order chi connectivity index (χ1) is 17.1. The van der Waals surface area contributed by atoms with Gasteiger partial charge in [0.1, 0.15) is 0 Å². The molecular formula is C31H29NO3. The maximum Gasteiger partial charge on any atom is 0.258 e. The fourth-order valence-corrected chi connectivity index (χ4v) is 4.16. The first-order valence-electron chi connectivity index (χ1n) is 12.1. The minimum atomic E-state index is -0.350. The van der Waals surface area contributed by atoms with Gasteiger partial charge >= 0.3 is 0 Å². The van der Waals surface area contributed by atoms with Crippen LogP contribution in [-0.4, -0.2) is 17.6 Å². The van der Waals surface area contributed by atoms with Crippen molar-refractivity contribution in [2.45, 2.75) is 38.5 Å². The number of carbonyl (C=O) groups excluding carboxylic acids is 3. The van der Waals surface area contributed by atoms with Crippen LogP contribution in [-0.2, 0) is 22.4 Å². The Morgan fingerprint density at radius 2 is 1.31 bits per heavy atom. The summed E-state index contributed by atoms with van der Waals surface area (Å²) in [5.74, 6) is -0.662. The highest BCUT2D eigenvalue weighted by molar-refractivity contribution is 6.33. The number of imide groups is 1. The molecule has 1 aliphatic rings. The van der Waals surface area contributed by atoms with E-state index in [2.05, 4.69) is 29.6 Å². The van der Waals surface area contributed by atoms with Gasteiger partial charge < -0.3 is 0 Å². The molecule has 0 saturated carbocycles. The fourth-order valence-electron chi connectivity index (χ4n) is 4.16. The third-order valence-corrected chi connectivity index (χ3v) is 6.17. The topological polar surface area (TPSA) is 63.2 Å². The second kappa shape index (κ2) is 11.9. The summed E-state index contributed by atoms with van der Waals surface area (Å²) in [7, 11) is 0. The van der Waals surface area contributed by atoms with Crippen LogP contribution in [0.25, 0.3) is 11.6 Å². The molecule has 0 spiro atoms. The standard InChI is InChI=1S/C31H29NO3/c33-29(27-10-6-3-7-11-27)21-18-25-14-12-23(13-15-25)8-4-1-2-5-9-24-16-19-26(20-17-24)28-22-30(34)32-31(28)35/h3,6-7,10-22H,1-2,4-5,8-9H2,(H,32,34,35). The van der Waals surface area contributed by atoms with Gasteiger partial charge in [-0.1, -0.05) is 97.8 Å². The van der Waals surface area contributed by atoms with Crippen LogP contribution in [0.2, 0.25) is 0 Å². The lowest BCUT2D eigenvalue weighted by Gasteiger charge is -2.05. The van der Waals surface area contributed by atoms with Crippen LogP contribution < -0.4 is 5.32 Å². The van der Waals surface area contributed by atoms with Gasteiger partial charge in [0.2, 0.25) is 0 Å². The van der Waals surface area contributed by atoms with Crippen LogP contribution in [0, 0.1) is 0 Å². The Morgan fingerprint density at radius 1 is 0.714 bits per heavy atom. The number of allylic oxidation sites excluding steroid dienone is 1. The predicted octanol–water partition coefficient (Wildman–Crippen LogP) is 5.97. The van der Waals surface area contributed by atoms with E-state index in [9.17, 15) is 14.4 Å². The normalized spacial score (nSPS) is 13.2. The second-order valence-corrected chi connectivity index (χ2v) is 8.79. The van der Waals surface area contributed by atoms with E-state index in [1.54, 1.807) is 6.08 Å². The molecule has 0 radical (unpaired) electrons. The maximum atomic E-state index is 12.2. The average molecular weight is 464 g/mol. The van der Waals surface area contributed by atoms with Gasteiger partial charge in [-0.3, -0.25) is 19.7 Å². The van der Waals surface area contributed by atoms with Crippen LogP contribution in [0.1, 0.15) is 58.3 Å². The predicted molar refractivity (Wildman–Crippen MR) is 140 cm³/mol. The lowest BCUT2D eigenvalue weighted by Crippen LogP contribution is -2.21. The quantitative estimate of drug-likeness (QED) is 0.165. The lowest BCUT2D eigenvalue weighted by molar-refractivity contribution is -0.123. The fraction of sp³-hybridized carbons (Fsp3) is 0.194. The molecule has 4 rings (SSSR count). The molecule has 3 aromatic rings. The molecule has 1 N–H and O–H groups in total. The van der Waals surface area contributed by atoms with E-state index in [1.165, 1.54) is 30.0 Å². The summed E-state index contributed by atoms with van der Waals surface area (Å²) in [6, 6.07) is 25.6. The van der Waals surface area contributed by atoms with Gasteiger partial charge in [-0.05, 0) is 54.0 Å². The summed E-state index contributed by atoms with van der Waals surface area (Å²) < 4.78 is 0. The van der Waals surface area contributed by atoms with Gasteiger partial charge in [-0.15, -0.1) is 0 Å². The van der Waals surface area contributed by atoms with E-state index in [0.29, 0.717) is 11.1 Å². The minimum absolute atomic E-state index is 0.0146. The van der Waals surface area contributed by atoms with Crippen molar-refractivity contribution in [1.82, 2.24) is 5.32 Å². The Hall–Kier alpha value is -4.05. The van der Waals surface area contributed by atoms with E-state index in [1.807, 2.05) is 60.7 Å². The SMILES string of the molecule is O=C1C=C(c2ccc(CCCCCCc3ccc(C=CC(=O)c4ccccc4)cc3)cc2)C(=O)N1. The van der Waals surface area contributed by atoms with Crippen LogP contribution in [0.3, 0.4) is 0 Å². The molecular weight excluding hydrogens is 434 g/mol. The number of unbranched alkanes of at least 4 members (excludes halogenated alkanes) is 3. The molecule has 4 heteroatoms. The largest absolute Gasteiger partial charge is 0.289 e. The molecule has 0 atom stereocenters. The smallest absolute Gasteiger partial charge is 0.258 e. The third kappa shape index (κ3) is 6.97. The number of rotatable bonds is 11. The summed E-state index contributed by atoms with van der Waals surface area (Å²) in [4.78, 5) is 35.2. The molecule has 3 aromatic carbocycles. The van der Waals surface area contributed by atoms with Crippen molar-refractivity contribution in [1.29, 1.82) is 0 Å². The Morgan fingerprint density at radius 3 is 1.89 bits per heavy atom. The minimum Gasteiger partial charge on any atom is -0.289 e. The van der Waals surface area contributed by atoms with Crippen LogP contribution in [0.15, 0.2) is 91.0 Å². The van der Waals surface area contributed by atoms with Crippen molar-refractivity contribution in [3.63, 3.8) is 0 Å². The summed E-state index contributed by atoms with van der Waals surface area (Å²) >= 11 is 0. The molecule has 0 unspecified atom stereocenters. The number of benzene rings is 3. The highest BCUT2D eigenvalue weighted by Crippen LogP contribution is 2.20. The zero-order valence-electron chi connectivity index (χ0n) is 19.7. The second-order valence-electron chi connectivity index (χ2n) is 8.79. The summed E-state index contributed by atoms with van der Waals surface area (Å²) in [5, 5.41) is 2.28. The van der Waals surface area contributed by atoms with Crippen molar-refractivity contribution in [2.75, 3.05) is 0 Å². The molecule has 0 fully saturated rings. The Kier molecular flexibility index (Phi) is 8.18. The molecule has 1 aliphatic heterocycles. The molecule has 35 heavy (non-hydrogen) atoms. The Labute approximate surface area is 206 Å². The Bertz CT molecular complexity index is 1240. The molecule has 0 bridgehead atoms. The number of amides is 2. The Balaban J connectivity index is 1.14. The van der Waals surface area contributed by atoms with Gasteiger partial charge in [0.15, 0.2) is 5.78 Å². The summed E-state index contributed by atoms with van der Waals surface area (Å²) in [6.07, 6.45) is 11.5. The van der Waals surface area contributed by atoms with Gasteiger partial charge in [0.05, 0.1) is 5.57 Å². The lowest BCUT2D eigenvalue weighted by atomic mass is 10.00. The number of carbonyl (C=O) groups is 3. The molecule has 0 aromatic heterocycles. The summed E-state index contributed by atoms with van der Waals surface area (Å²) in [5.41, 5.74) is 5.50. The highest BCUT2D eigenvalue weighted by Gasteiger charge is 2.21. The third-order valence-electron chi connectivity index (χ3n) is 6.17. The average Bonchev–Trinajstić information content (AvgIpc) is 3.23. The van der Waals surface area contributed by atoms with Gasteiger partial charge in [0.25, 0.3) is 11.8 Å². The monoisotopic (exact) mass is 463 g/mol. The maximum absolute atomic E-state index is 12.2. The zero-order chi connectivity index (χ0) is 24.5. The highest BCUT2D eigenvalue weighted by atomic mass is 16.2. The van der Waals surface area contributed by atoms with E-state index in [0.717, 1.165) is 36.8 Å². The zero-order valence-corrected chi connectivity index (χ0v) is 19.7. The molecule has 176 valence electrons. The number of hydrogen-bond donors (Lipinski definition) is 1. The van der Waals surface area contributed by atoms with Crippen LogP contribution >= 0.6 is 0 Å². The van der Waals surface area contributed by atoms with Gasteiger partial charge in [-0.25, -0.2) is 0 Å². The molecule has 4 nitrogen and oxygen atoms in total. The first kappa shape index (κ1) is 24.1. The van der Waals surface area contributed by atoms with E-state index in [-0.39, 0.29) is 17.6 Å². The number of hydrogen-bond acceptors (Lipinski definition) is 3. The van der Waals surface area contributed by atoms with Crippen LogP contribution in [0.4, 0.5) is 0 Å². The van der Waals surface area contributed by atoms with Crippen molar-refractivity contribution in [2.24, 2.45) is 0 Å². The van der Waals surface area contributed by atoms with E-state index in [4.69, 9.17) is 0 Å². The first-order valence-corrected chi connectivity index (χ1v) is 12.1.